The molecule has 1 aromatic carbocycles. The van der Waals surface area contributed by atoms with Crippen molar-refractivity contribution in [2.24, 2.45) is 0 Å². The fourth-order valence-corrected chi connectivity index (χ4v) is 2.68. The molecule has 0 bridgehead atoms. The SMILES string of the molecule is CCNC(=O)NC(=O)CNc1ccccc1C(=O)N1CCC[C@@H](O)C1. The summed E-state index contributed by atoms with van der Waals surface area (Å²) >= 11 is 0. The van der Waals surface area contributed by atoms with E-state index in [-0.39, 0.29) is 12.5 Å². The number of aliphatic hydroxyl groups is 1. The van der Waals surface area contributed by atoms with E-state index in [2.05, 4.69) is 16.0 Å². The summed E-state index contributed by atoms with van der Waals surface area (Å²) in [6, 6.07) is 6.32. The topological polar surface area (TPSA) is 111 Å². The maximum atomic E-state index is 12.7. The van der Waals surface area contributed by atoms with E-state index < -0.39 is 18.0 Å². The molecular formula is C17H24N4O4. The van der Waals surface area contributed by atoms with Gasteiger partial charge in [0, 0.05) is 25.3 Å². The first kappa shape index (κ1) is 18.7. The normalized spacial score (nSPS) is 16.9. The highest BCUT2D eigenvalue weighted by Gasteiger charge is 2.24. The van der Waals surface area contributed by atoms with Gasteiger partial charge in [-0.15, -0.1) is 0 Å². The number of urea groups is 1. The molecule has 1 fully saturated rings. The number of likely N-dealkylation sites (tertiary alicyclic amines) is 1. The lowest BCUT2D eigenvalue weighted by Gasteiger charge is -2.30. The van der Waals surface area contributed by atoms with E-state index in [1.54, 1.807) is 36.1 Å². The predicted molar refractivity (Wildman–Crippen MR) is 93.3 cm³/mol. The second kappa shape index (κ2) is 9.03. The third-order valence-corrected chi connectivity index (χ3v) is 3.87. The number of β-amino-alcohol motifs (C(OH)–C–C–N with tert-alkyl or cyclic N) is 1. The quantitative estimate of drug-likeness (QED) is 0.621. The summed E-state index contributed by atoms with van der Waals surface area (Å²) in [5, 5.41) is 17.3. The number of anilines is 1. The van der Waals surface area contributed by atoms with Gasteiger partial charge in [0.05, 0.1) is 18.2 Å². The zero-order valence-corrected chi connectivity index (χ0v) is 14.2. The molecule has 25 heavy (non-hydrogen) atoms. The first-order valence-corrected chi connectivity index (χ1v) is 8.39. The van der Waals surface area contributed by atoms with Crippen LogP contribution in [0.3, 0.4) is 0 Å². The van der Waals surface area contributed by atoms with Gasteiger partial charge in [0.2, 0.25) is 5.91 Å². The van der Waals surface area contributed by atoms with Gasteiger partial charge >= 0.3 is 6.03 Å². The average Bonchev–Trinajstić information content (AvgIpc) is 2.60. The molecule has 0 spiro atoms. The number of carbonyl (C=O) groups excluding carboxylic acids is 3. The van der Waals surface area contributed by atoms with E-state index in [0.717, 1.165) is 6.42 Å². The van der Waals surface area contributed by atoms with Crippen molar-refractivity contribution in [2.45, 2.75) is 25.9 Å². The molecule has 0 aliphatic carbocycles. The Kier molecular flexibility index (Phi) is 6.76. The van der Waals surface area contributed by atoms with Crippen molar-refractivity contribution in [1.29, 1.82) is 0 Å². The minimum absolute atomic E-state index is 0.135. The molecule has 4 N–H and O–H groups in total. The van der Waals surface area contributed by atoms with Crippen LogP contribution in [0.5, 0.6) is 0 Å². The van der Waals surface area contributed by atoms with Crippen LogP contribution in [0.4, 0.5) is 10.5 Å². The van der Waals surface area contributed by atoms with Gasteiger partial charge in [-0.1, -0.05) is 12.1 Å². The fraction of sp³-hybridized carbons (Fsp3) is 0.471. The highest BCUT2D eigenvalue weighted by atomic mass is 16.3. The van der Waals surface area contributed by atoms with Gasteiger partial charge in [-0.25, -0.2) is 4.79 Å². The Hall–Kier alpha value is -2.61. The van der Waals surface area contributed by atoms with Crippen molar-refractivity contribution < 1.29 is 19.5 Å². The van der Waals surface area contributed by atoms with Gasteiger partial charge in [0.25, 0.3) is 5.91 Å². The Morgan fingerprint density at radius 2 is 2.04 bits per heavy atom. The standard InChI is InChI=1S/C17H24N4O4/c1-2-18-17(25)20-15(23)10-19-14-8-4-3-7-13(14)16(24)21-9-5-6-12(22)11-21/h3-4,7-8,12,19,22H,2,5-6,9-11H2,1H3,(H2,18,20,23,25)/t12-/m1/s1. The second-order valence-corrected chi connectivity index (χ2v) is 5.85. The van der Waals surface area contributed by atoms with Crippen molar-refractivity contribution in [3.63, 3.8) is 0 Å². The molecule has 8 heteroatoms. The van der Waals surface area contributed by atoms with Gasteiger partial charge in [0.1, 0.15) is 0 Å². The summed E-state index contributed by atoms with van der Waals surface area (Å²) in [5.41, 5.74) is 0.945. The van der Waals surface area contributed by atoms with E-state index in [9.17, 15) is 19.5 Å². The maximum Gasteiger partial charge on any atom is 0.321 e. The molecule has 2 rings (SSSR count). The number of aliphatic hydroxyl groups excluding tert-OH is 1. The van der Waals surface area contributed by atoms with Crippen molar-refractivity contribution in [3.05, 3.63) is 29.8 Å². The molecule has 4 amide bonds. The van der Waals surface area contributed by atoms with E-state index in [0.29, 0.717) is 37.3 Å². The van der Waals surface area contributed by atoms with Gasteiger partial charge in [-0.05, 0) is 31.9 Å². The average molecular weight is 348 g/mol. The lowest BCUT2D eigenvalue weighted by Crippen LogP contribution is -2.43. The summed E-state index contributed by atoms with van der Waals surface area (Å²) in [7, 11) is 0. The van der Waals surface area contributed by atoms with Gasteiger partial charge in [-0.3, -0.25) is 14.9 Å². The molecule has 1 saturated heterocycles. The molecule has 0 radical (unpaired) electrons. The number of benzene rings is 1. The van der Waals surface area contributed by atoms with Gasteiger partial charge < -0.3 is 20.6 Å². The molecule has 0 aromatic heterocycles. The molecule has 8 nitrogen and oxygen atoms in total. The molecular weight excluding hydrogens is 324 g/mol. The number of hydrogen-bond donors (Lipinski definition) is 4. The van der Waals surface area contributed by atoms with Crippen LogP contribution in [0.15, 0.2) is 24.3 Å². The van der Waals surface area contributed by atoms with Crippen LogP contribution >= 0.6 is 0 Å². The Morgan fingerprint density at radius 3 is 2.76 bits per heavy atom. The summed E-state index contributed by atoms with van der Waals surface area (Å²) < 4.78 is 0. The lowest BCUT2D eigenvalue weighted by atomic mass is 10.1. The van der Waals surface area contributed by atoms with E-state index in [1.165, 1.54) is 0 Å². The molecule has 1 aromatic rings. The Morgan fingerprint density at radius 1 is 1.28 bits per heavy atom. The zero-order valence-electron chi connectivity index (χ0n) is 14.2. The summed E-state index contributed by atoms with van der Waals surface area (Å²) in [4.78, 5) is 37.4. The number of rotatable bonds is 5. The monoisotopic (exact) mass is 348 g/mol. The highest BCUT2D eigenvalue weighted by molar-refractivity contribution is 6.01. The van der Waals surface area contributed by atoms with Crippen molar-refractivity contribution >= 4 is 23.5 Å². The molecule has 1 aliphatic heterocycles. The fourth-order valence-electron chi connectivity index (χ4n) is 2.68. The van der Waals surface area contributed by atoms with E-state index in [1.807, 2.05) is 0 Å². The third kappa shape index (κ3) is 5.46. The van der Waals surface area contributed by atoms with Crippen LogP contribution in [0.1, 0.15) is 30.1 Å². The van der Waals surface area contributed by atoms with Gasteiger partial charge in [-0.2, -0.15) is 0 Å². The van der Waals surface area contributed by atoms with Crippen LogP contribution in [-0.2, 0) is 4.79 Å². The lowest BCUT2D eigenvalue weighted by molar-refractivity contribution is -0.118. The number of amides is 4. The Labute approximate surface area is 146 Å². The number of hydrogen-bond acceptors (Lipinski definition) is 5. The van der Waals surface area contributed by atoms with Crippen molar-refractivity contribution in [1.82, 2.24) is 15.5 Å². The molecule has 1 heterocycles. The first-order valence-electron chi connectivity index (χ1n) is 8.39. The predicted octanol–water partition coefficient (Wildman–Crippen LogP) is 0.541. The van der Waals surface area contributed by atoms with Crippen LogP contribution < -0.4 is 16.0 Å². The molecule has 1 aliphatic rings. The molecule has 1 atom stereocenters. The smallest absolute Gasteiger partial charge is 0.321 e. The molecule has 136 valence electrons. The Balaban J connectivity index is 1.99. The van der Waals surface area contributed by atoms with Crippen molar-refractivity contribution in [3.8, 4) is 0 Å². The van der Waals surface area contributed by atoms with Crippen molar-refractivity contribution in [2.75, 3.05) is 31.5 Å². The van der Waals surface area contributed by atoms with E-state index in [4.69, 9.17) is 0 Å². The number of para-hydroxylation sites is 1. The second-order valence-electron chi connectivity index (χ2n) is 5.85. The third-order valence-electron chi connectivity index (χ3n) is 3.87. The highest BCUT2D eigenvalue weighted by Crippen LogP contribution is 2.20. The first-order chi connectivity index (χ1) is 12.0. The van der Waals surface area contributed by atoms with Crippen LogP contribution in [0.2, 0.25) is 0 Å². The van der Waals surface area contributed by atoms with E-state index >= 15 is 0 Å². The summed E-state index contributed by atoms with van der Waals surface area (Å²) in [5.74, 6) is -0.687. The number of piperidine rings is 1. The Bertz CT molecular complexity index is 635. The minimum atomic E-state index is -0.555. The summed E-state index contributed by atoms with van der Waals surface area (Å²) in [6.07, 6.45) is 0.960. The zero-order chi connectivity index (χ0) is 18.2. The van der Waals surface area contributed by atoms with Crippen LogP contribution in [-0.4, -0.2) is 60.1 Å². The van der Waals surface area contributed by atoms with Crippen LogP contribution in [0, 0.1) is 0 Å². The summed E-state index contributed by atoms with van der Waals surface area (Å²) in [6.45, 7) is 2.95. The number of nitrogens with zero attached hydrogens (tertiary/aromatic N) is 1. The molecule has 0 saturated carbocycles. The molecule has 0 unspecified atom stereocenters. The maximum absolute atomic E-state index is 12.7. The number of nitrogens with one attached hydrogen (secondary N) is 3. The van der Waals surface area contributed by atoms with Gasteiger partial charge in [0.15, 0.2) is 0 Å². The number of imide groups is 1. The minimum Gasteiger partial charge on any atom is -0.391 e. The van der Waals surface area contributed by atoms with Crippen LogP contribution in [0.25, 0.3) is 0 Å². The largest absolute Gasteiger partial charge is 0.391 e. The number of carbonyl (C=O) groups is 3.